The molecule has 0 saturated heterocycles. The van der Waals surface area contributed by atoms with Gasteiger partial charge in [0.2, 0.25) is 0 Å². The molecule has 1 aliphatic rings. The lowest BCUT2D eigenvalue weighted by atomic mass is 9.85. The first-order chi connectivity index (χ1) is 13.7. The largest absolute Gasteiger partial charge is 0.475 e. The van der Waals surface area contributed by atoms with Crippen LogP contribution < -0.4 is 5.32 Å². The van der Waals surface area contributed by atoms with Gasteiger partial charge in [0.25, 0.3) is 11.7 Å². The maximum Gasteiger partial charge on any atom is 0.378 e. The Kier molecular flexibility index (Phi) is 5.86. The number of hydrogen-bond acceptors (Lipinski definition) is 3. The first-order valence-corrected chi connectivity index (χ1v) is 9.76. The molecule has 0 atom stereocenters. The highest BCUT2D eigenvalue weighted by Gasteiger charge is 2.33. The van der Waals surface area contributed by atoms with E-state index in [2.05, 4.69) is 5.32 Å². The van der Waals surface area contributed by atoms with Gasteiger partial charge in [-0.05, 0) is 56.0 Å². The third-order valence-corrected chi connectivity index (χ3v) is 5.73. The molecule has 1 aliphatic carbocycles. The number of benzene rings is 1. The van der Waals surface area contributed by atoms with E-state index in [1.807, 2.05) is 0 Å². The minimum atomic E-state index is -1.55. The molecule has 1 amide bonds. The van der Waals surface area contributed by atoms with E-state index in [0.717, 1.165) is 32.1 Å². The number of ketones is 1. The number of carboxylic acid groups (broad SMARTS) is 1. The Morgan fingerprint density at radius 1 is 1.14 bits per heavy atom. The fourth-order valence-corrected chi connectivity index (χ4v) is 4.33. The molecule has 0 bridgehead atoms. The lowest BCUT2D eigenvalue weighted by molar-refractivity contribution is -0.131. The minimum absolute atomic E-state index is 0.0264. The number of Topliss-reactive ketones (excluding diaryl/α,β-unsaturated/α-hetero) is 1. The Morgan fingerprint density at radius 3 is 2.38 bits per heavy atom. The summed E-state index contributed by atoms with van der Waals surface area (Å²) in [6, 6.07) is 4.29. The molecule has 0 spiro atoms. The average molecular weight is 400 g/mol. The number of aryl methyl sites for hydroxylation is 1. The van der Waals surface area contributed by atoms with Crippen molar-refractivity contribution in [2.75, 3.05) is 5.32 Å². The standard InChI is InChI=1S/C22H25FN2O4/c1-12-11-15(9-10-16(12)23)24-21(27)17-13(2)18(20(26)22(28)29)25(3)19(17)14-7-5-4-6-8-14/h9-11,14H,4-8H2,1-3H3,(H,24,27)(H,28,29). The molecular weight excluding hydrogens is 375 g/mol. The first kappa shape index (κ1) is 20.8. The molecular formula is C22H25FN2O4. The number of nitrogens with one attached hydrogen (secondary N) is 1. The van der Waals surface area contributed by atoms with Crippen LogP contribution in [0.1, 0.15) is 75.7 Å². The molecule has 0 unspecified atom stereocenters. The number of nitrogens with zero attached hydrogens (tertiary/aromatic N) is 1. The van der Waals surface area contributed by atoms with E-state index in [4.69, 9.17) is 0 Å². The van der Waals surface area contributed by atoms with Crippen LogP contribution in [-0.2, 0) is 11.8 Å². The molecule has 2 N–H and O–H groups in total. The van der Waals surface area contributed by atoms with Gasteiger partial charge in [0, 0.05) is 24.3 Å². The molecule has 29 heavy (non-hydrogen) atoms. The Labute approximate surface area is 168 Å². The van der Waals surface area contributed by atoms with Crippen LogP contribution in [0.25, 0.3) is 0 Å². The van der Waals surface area contributed by atoms with Gasteiger partial charge >= 0.3 is 5.97 Å². The molecule has 1 aromatic carbocycles. The normalized spacial score (nSPS) is 14.6. The molecule has 154 valence electrons. The van der Waals surface area contributed by atoms with Crippen molar-refractivity contribution in [3.63, 3.8) is 0 Å². The summed E-state index contributed by atoms with van der Waals surface area (Å²) in [5.41, 5.74) is 2.27. The molecule has 6 nitrogen and oxygen atoms in total. The second kappa shape index (κ2) is 8.19. The van der Waals surface area contributed by atoms with Crippen LogP contribution >= 0.6 is 0 Å². The van der Waals surface area contributed by atoms with Crippen molar-refractivity contribution in [1.29, 1.82) is 0 Å². The van der Waals surface area contributed by atoms with Crippen molar-refractivity contribution in [1.82, 2.24) is 4.57 Å². The number of rotatable bonds is 5. The van der Waals surface area contributed by atoms with Crippen LogP contribution in [0.3, 0.4) is 0 Å². The molecule has 3 rings (SSSR count). The van der Waals surface area contributed by atoms with Crippen LogP contribution in [0.5, 0.6) is 0 Å². The molecule has 2 aromatic rings. The van der Waals surface area contributed by atoms with E-state index < -0.39 is 17.7 Å². The quantitative estimate of drug-likeness (QED) is 0.577. The molecule has 1 fully saturated rings. The van der Waals surface area contributed by atoms with Gasteiger partial charge in [-0.1, -0.05) is 19.3 Å². The Hall–Kier alpha value is -2.96. The number of aromatic nitrogens is 1. The number of carbonyl (C=O) groups excluding carboxylic acids is 2. The topological polar surface area (TPSA) is 88.4 Å². The average Bonchev–Trinajstić information content (AvgIpc) is 2.95. The SMILES string of the molecule is Cc1cc(NC(=O)c2c(C)c(C(=O)C(=O)O)n(C)c2C2CCCCC2)ccc1F. The van der Waals surface area contributed by atoms with Crippen LogP contribution in [0.2, 0.25) is 0 Å². The van der Waals surface area contributed by atoms with E-state index in [1.165, 1.54) is 18.2 Å². The predicted octanol–water partition coefficient (Wildman–Crippen LogP) is 4.35. The zero-order chi connectivity index (χ0) is 21.3. The van der Waals surface area contributed by atoms with Gasteiger partial charge in [0.15, 0.2) is 0 Å². The maximum absolute atomic E-state index is 13.5. The zero-order valence-electron chi connectivity index (χ0n) is 16.8. The second-order valence-electron chi connectivity index (χ2n) is 7.68. The van der Waals surface area contributed by atoms with Gasteiger partial charge in [-0.2, -0.15) is 0 Å². The number of anilines is 1. The molecule has 0 aliphatic heterocycles. The maximum atomic E-state index is 13.5. The van der Waals surface area contributed by atoms with Gasteiger partial charge in [0.1, 0.15) is 11.5 Å². The summed E-state index contributed by atoms with van der Waals surface area (Å²) < 4.78 is 15.1. The molecule has 1 saturated carbocycles. The molecule has 1 aromatic heterocycles. The minimum Gasteiger partial charge on any atom is -0.475 e. The number of halogens is 1. The number of aliphatic carboxylic acids is 1. The summed E-state index contributed by atoms with van der Waals surface area (Å²) in [7, 11) is 1.64. The zero-order valence-corrected chi connectivity index (χ0v) is 16.8. The highest BCUT2D eigenvalue weighted by atomic mass is 19.1. The summed E-state index contributed by atoms with van der Waals surface area (Å²) in [5, 5.41) is 12.0. The lowest BCUT2D eigenvalue weighted by Gasteiger charge is -2.24. The summed E-state index contributed by atoms with van der Waals surface area (Å²) in [4.78, 5) is 36.8. The summed E-state index contributed by atoms with van der Waals surface area (Å²) in [6.07, 6.45) is 4.93. The van der Waals surface area contributed by atoms with Gasteiger partial charge in [-0.15, -0.1) is 0 Å². The molecule has 1 heterocycles. The van der Waals surface area contributed by atoms with Crippen molar-refractivity contribution in [3.8, 4) is 0 Å². The third kappa shape index (κ3) is 3.95. The van der Waals surface area contributed by atoms with Gasteiger partial charge < -0.3 is 15.0 Å². The molecule has 0 radical (unpaired) electrons. The fraction of sp³-hybridized carbons (Fsp3) is 0.409. The first-order valence-electron chi connectivity index (χ1n) is 9.76. The number of carbonyl (C=O) groups is 3. The monoisotopic (exact) mass is 400 g/mol. The number of hydrogen-bond donors (Lipinski definition) is 2. The third-order valence-electron chi connectivity index (χ3n) is 5.73. The predicted molar refractivity (Wildman–Crippen MR) is 107 cm³/mol. The van der Waals surface area contributed by atoms with E-state index >= 15 is 0 Å². The summed E-state index contributed by atoms with van der Waals surface area (Å²) >= 11 is 0. The number of amides is 1. The van der Waals surface area contributed by atoms with Gasteiger partial charge in [0.05, 0.1) is 5.56 Å². The van der Waals surface area contributed by atoms with Crippen molar-refractivity contribution in [2.24, 2.45) is 7.05 Å². The van der Waals surface area contributed by atoms with Crippen LogP contribution in [0.15, 0.2) is 18.2 Å². The highest BCUT2D eigenvalue weighted by Crippen LogP contribution is 2.38. The lowest BCUT2D eigenvalue weighted by Crippen LogP contribution is -2.19. The van der Waals surface area contributed by atoms with Crippen LogP contribution in [0, 0.1) is 19.7 Å². The van der Waals surface area contributed by atoms with Gasteiger partial charge in [-0.3, -0.25) is 9.59 Å². The number of carboxylic acids is 1. The van der Waals surface area contributed by atoms with Crippen LogP contribution in [-0.4, -0.2) is 27.3 Å². The Bertz CT molecular complexity index is 987. The summed E-state index contributed by atoms with van der Waals surface area (Å²) in [6.45, 7) is 3.21. The van der Waals surface area contributed by atoms with Crippen molar-refractivity contribution >= 4 is 23.3 Å². The Morgan fingerprint density at radius 2 is 1.79 bits per heavy atom. The highest BCUT2D eigenvalue weighted by molar-refractivity contribution is 6.40. The van der Waals surface area contributed by atoms with E-state index in [-0.39, 0.29) is 17.4 Å². The van der Waals surface area contributed by atoms with E-state index in [1.54, 1.807) is 25.5 Å². The summed E-state index contributed by atoms with van der Waals surface area (Å²) in [5.74, 6) is -3.28. The fourth-order valence-electron chi connectivity index (χ4n) is 4.33. The van der Waals surface area contributed by atoms with Crippen LogP contribution in [0.4, 0.5) is 10.1 Å². The molecule has 7 heteroatoms. The second-order valence-corrected chi connectivity index (χ2v) is 7.68. The van der Waals surface area contributed by atoms with Crippen molar-refractivity contribution in [2.45, 2.75) is 51.9 Å². The van der Waals surface area contributed by atoms with Crippen molar-refractivity contribution in [3.05, 3.63) is 52.1 Å². The van der Waals surface area contributed by atoms with E-state index in [0.29, 0.717) is 28.1 Å². The van der Waals surface area contributed by atoms with Gasteiger partial charge in [-0.25, -0.2) is 9.18 Å². The van der Waals surface area contributed by atoms with Crippen molar-refractivity contribution < 1.29 is 23.9 Å². The van der Waals surface area contributed by atoms with E-state index in [9.17, 15) is 23.9 Å². The smallest absolute Gasteiger partial charge is 0.378 e. The Balaban J connectivity index is 2.08.